The van der Waals surface area contributed by atoms with Crippen LogP contribution in [0.25, 0.3) is 5.57 Å². The molecule has 3 atom stereocenters. The van der Waals surface area contributed by atoms with Gasteiger partial charge in [0.1, 0.15) is 0 Å². The molecule has 27 heavy (non-hydrogen) atoms. The predicted molar refractivity (Wildman–Crippen MR) is 110 cm³/mol. The van der Waals surface area contributed by atoms with Crippen molar-refractivity contribution in [3.8, 4) is 0 Å². The van der Waals surface area contributed by atoms with E-state index in [2.05, 4.69) is 39.5 Å². The molecular weight excluding hydrogens is 336 g/mol. The Morgan fingerprint density at radius 2 is 1.89 bits per heavy atom. The van der Waals surface area contributed by atoms with Crippen molar-refractivity contribution >= 4 is 11.5 Å². The van der Waals surface area contributed by atoms with Gasteiger partial charge in [0.15, 0.2) is 0 Å². The summed E-state index contributed by atoms with van der Waals surface area (Å²) in [5, 5.41) is 12.0. The molecule has 0 saturated heterocycles. The number of carbonyl (C=O) groups is 1. The average Bonchev–Trinajstić information content (AvgIpc) is 2.62. The van der Waals surface area contributed by atoms with E-state index in [1.54, 1.807) is 0 Å². The second-order valence-corrected chi connectivity index (χ2v) is 9.40. The molecule has 2 aliphatic carbocycles. The summed E-state index contributed by atoms with van der Waals surface area (Å²) in [6.45, 7) is 14.7. The zero-order valence-corrected chi connectivity index (χ0v) is 17.7. The third kappa shape index (κ3) is 2.61. The highest BCUT2D eigenvalue weighted by Gasteiger charge is 2.65. The van der Waals surface area contributed by atoms with Gasteiger partial charge in [-0.3, -0.25) is 4.79 Å². The van der Waals surface area contributed by atoms with E-state index in [1.165, 1.54) is 29.4 Å². The van der Waals surface area contributed by atoms with Crippen LogP contribution in [0.1, 0.15) is 88.5 Å². The Morgan fingerprint density at radius 1 is 1.22 bits per heavy atom. The number of carbonyl (C=O) groups excluding carboxylic acids is 1. The molecule has 1 aromatic rings. The van der Waals surface area contributed by atoms with Crippen LogP contribution in [0.2, 0.25) is 0 Å². The van der Waals surface area contributed by atoms with E-state index in [1.807, 2.05) is 13.8 Å². The van der Waals surface area contributed by atoms with Crippen molar-refractivity contribution in [2.24, 2.45) is 5.41 Å². The third-order valence-corrected chi connectivity index (χ3v) is 7.52. The topological polar surface area (TPSA) is 46.5 Å². The number of esters is 1. The second kappa shape index (κ2) is 6.48. The van der Waals surface area contributed by atoms with Crippen molar-refractivity contribution in [2.45, 2.75) is 83.7 Å². The van der Waals surface area contributed by atoms with Crippen LogP contribution in [0, 0.1) is 5.41 Å². The fraction of sp³-hybridized carbons (Fsp3) is 0.625. The molecule has 0 aliphatic heterocycles. The molecule has 2 aliphatic rings. The van der Waals surface area contributed by atoms with Gasteiger partial charge in [-0.25, -0.2) is 0 Å². The summed E-state index contributed by atoms with van der Waals surface area (Å²) in [7, 11) is 1.42. The van der Waals surface area contributed by atoms with Crippen LogP contribution in [0.3, 0.4) is 0 Å². The van der Waals surface area contributed by atoms with Gasteiger partial charge in [-0.15, -0.1) is 0 Å². The minimum absolute atomic E-state index is 0.293. The molecule has 148 valence electrons. The Kier molecular flexibility index (Phi) is 4.83. The number of hydrogen-bond donors (Lipinski definition) is 1. The molecule has 0 heterocycles. The number of aliphatic hydroxyl groups is 1. The Hall–Kier alpha value is -1.61. The maximum Gasteiger partial charge on any atom is 0.314 e. The summed E-state index contributed by atoms with van der Waals surface area (Å²) in [4.78, 5) is 12.7. The molecule has 3 rings (SSSR count). The number of methoxy groups -OCH3 is 1. The highest BCUT2D eigenvalue weighted by molar-refractivity contribution is 5.79. The van der Waals surface area contributed by atoms with Crippen LogP contribution < -0.4 is 0 Å². The van der Waals surface area contributed by atoms with Gasteiger partial charge in [0.2, 0.25) is 0 Å². The number of benzene rings is 1. The highest BCUT2D eigenvalue weighted by Crippen LogP contribution is 2.60. The standard InChI is InChI=1S/C24H34O3/c1-15(2)18-13-17-9-12-24(26)22(5,20(17)14-19(18)16(3)4)10-8-11-23(24,6)21(25)27-7/h13-15,26H,3,8-12H2,1-2,4-7H3/t22-,23+,24?/m1/s1. The fourth-order valence-corrected chi connectivity index (χ4v) is 5.77. The maximum atomic E-state index is 12.7. The largest absolute Gasteiger partial charge is 0.469 e. The minimum Gasteiger partial charge on any atom is -0.469 e. The first kappa shape index (κ1) is 20.1. The summed E-state index contributed by atoms with van der Waals surface area (Å²) in [6.07, 6.45) is 3.81. The Morgan fingerprint density at radius 3 is 2.44 bits per heavy atom. The molecule has 0 aromatic heterocycles. The van der Waals surface area contributed by atoms with Crippen molar-refractivity contribution in [1.29, 1.82) is 0 Å². The van der Waals surface area contributed by atoms with Gasteiger partial charge in [-0.1, -0.05) is 51.5 Å². The van der Waals surface area contributed by atoms with E-state index in [-0.39, 0.29) is 5.97 Å². The molecule has 1 saturated carbocycles. The van der Waals surface area contributed by atoms with E-state index in [4.69, 9.17) is 4.74 Å². The molecule has 1 aromatic carbocycles. The van der Waals surface area contributed by atoms with Gasteiger partial charge >= 0.3 is 5.97 Å². The van der Waals surface area contributed by atoms with Crippen molar-refractivity contribution in [2.75, 3.05) is 7.11 Å². The smallest absolute Gasteiger partial charge is 0.314 e. The number of rotatable bonds is 3. The van der Waals surface area contributed by atoms with E-state index >= 15 is 0 Å². The van der Waals surface area contributed by atoms with Gasteiger partial charge in [0.05, 0.1) is 18.1 Å². The zero-order valence-electron chi connectivity index (χ0n) is 17.7. The second-order valence-electron chi connectivity index (χ2n) is 9.40. The lowest BCUT2D eigenvalue weighted by Gasteiger charge is -2.60. The Bertz CT molecular complexity index is 793. The Labute approximate surface area is 163 Å². The van der Waals surface area contributed by atoms with Crippen molar-refractivity contribution < 1.29 is 14.6 Å². The molecule has 0 radical (unpaired) electrons. The van der Waals surface area contributed by atoms with E-state index in [0.29, 0.717) is 18.8 Å². The lowest BCUT2D eigenvalue weighted by molar-refractivity contribution is -0.198. The van der Waals surface area contributed by atoms with Crippen LogP contribution in [0.15, 0.2) is 18.7 Å². The minimum atomic E-state index is -1.11. The molecule has 0 amide bonds. The first-order valence-electron chi connectivity index (χ1n) is 10.2. The lowest BCUT2D eigenvalue weighted by atomic mass is 9.46. The highest BCUT2D eigenvalue weighted by atomic mass is 16.5. The predicted octanol–water partition coefficient (Wildman–Crippen LogP) is 5.14. The summed E-state index contributed by atoms with van der Waals surface area (Å²) in [6, 6.07) is 4.57. The number of allylic oxidation sites excluding steroid dienone is 1. The van der Waals surface area contributed by atoms with Crippen LogP contribution in [0.4, 0.5) is 0 Å². The lowest BCUT2D eigenvalue weighted by Crippen LogP contribution is -2.67. The van der Waals surface area contributed by atoms with Crippen LogP contribution in [0.5, 0.6) is 0 Å². The fourth-order valence-electron chi connectivity index (χ4n) is 5.77. The molecule has 1 N–H and O–H groups in total. The van der Waals surface area contributed by atoms with Crippen molar-refractivity contribution in [1.82, 2.24) is 0 Å². The normalized spacial score (nSPS) is 32.6. The van der Waals surface area contributed by atoms with Crippen molar-refractivity contribution in [3.63, 3.8) is 0 Å². The summed E-state index contributed by atoms with van der Waals surface area (Å²) in [5.41, 5.74) is 3.59. The molecule has 3 heteroatoms. The van der Waals surface area contributed by atoms with Gasteiger partial charge < -0.3 is 9.84 Å². The number of aryl methyl sites for hydroxylation is 1. The molecule has 1 unspecified atom stereocenters. The quantitative estimate of drug-likeness (QED) is 0.749. The molecular formula is C24H34O3. The first-order chi connectivity index (χ1) is 12.5. The van der Waals surface area contributed by atoms with E-state index in [0.717, 1.165) is 24.8 Å². The van der Waals surface area contributed by atoms with Crippen LogP contribution in [-0.2, 0) is 21.4 Å². The number of fused-ring (bicyclic) bond motifs is 3. The van der Waals surface area contributed by atoms with E-state index < -0.39 is 16.4 Å². The molecule has 3 nitrogen and oxygen atoms in total. The van der Waals surface area contributed by atoms with Crippen LogP contribution in [-0.4, -0.2) is 23.8 Å². The molecule has 1 fully saturated rings. The average molecular weight is 371 g/mol. The number of hydrogen-bond acceptors (Lipinski definition) is 3. The van der Waals surface area contributed by atoms with Gasteiger partial charge in [-0.2, -0.15) is 0 Å². The summed E-state index contributed by atoms with van der Waals surface area (Å²) >= 11 is 0. The summed E-state index contributed by atoms with van der Waals surface area (Å²) in [5.74, 6) is 0.126. The first-order valence-corrected chi connectivity index (χ1v) is 10.2. The molecule has 0 spiro atoms. The Balaban J connectivity index is 2.24. The maximum absolute atomic E-state index is 12.7. The van der Waals surface area contributed by atoms with Crippen LogP contribution >= 0.6 is 0 Å². The number of ether oxygens (including phenoxy) is 1. The summed E-state index contributed by atoms with van der Waals surface area (Å²) < 4.78 is 5.14. The van der Waals surface area contributed by atoms with Gasteiger partial charge in [0.25, 0.3) is 0 Å². The SMILES string of the molecule is C=C(C)c1cc2c(cc1C(C)C)CCC1(O)[C@](C)(C(=O)OC)CCC[C@]21C. The van der Waals surface area contributed by atoms with Gasteiger partial charge in [0, 0.05) is 5.41 Å². The third-order valence-electron chi connectivity index (χ3n) is 7.52. The monoisotopic (exact) mass is 370 g/mol. The van der Waals surface area contributed by atoms with Crippen molar-refractivity contribution in [3.05, 3.63) is 41.0 Å². The van der Waals surface area contributed by atoms with E-state index in [9.17, 15) is 9.90 Å². The zero-order chi connectivity index (χ0) is 20.2. The molecule has 0 bridgehead atoms. The van der Waals surface area contributed by atoms with Gasteiger partial charge in [-0.05, 0) is 67.7 Å².